The Morgan fingerprint density at radius 2 is 1.20 bits per heavy atom. The molecule has 0 amide bonds. The third-order valence-corrected chi connectivity index (χ3v) is 6.28. The van der Waals surface area contributed by atoms with E-state index in [1.54, 1.807) is 0 Å². The van der Waals surface area contributed by atoms with E-state index in [-0.39, 0.29) is 0 Å². The maximum Gasteiger partial charge on any atom is 0.186 e. The normalized spacial score (nSPS) is 28.0. The van der Waals surface area contributed by atoms with Gasteiger partial charge >= 0.3 is 0 Å². The second kappa shape index (κ2) is 17.3. The fraction of sp³-hybridized carbons (Fsp3) is 1.00. The van der Waals surface area contributed by atoms with Gasteiger partial charge in [-0.05, 0) is 18.8 Å². The summed E-state index contributed by atoms with van der Waals surface area (Å²) in [6.45, 7) is 4.49. The van der Waals surface area contributed by atoms with Crippen LogP contribution >= 0.6 is 0 Å². The molecule has 0 aliphatic carbocycles. The number of hydrogen-bond acceptors (Lipinski definition) is 6. The van der Waals surface area contributed by atoms with Crippen LogP contribution in [0, 0.1) is 5.92 Å². The zero-order valence-corrected chi connectivity index (χ0v) is 19.4. The first kappa shape index (κ1) is 27.8. The lowest BCUT2D eigenvalue weighted by Crippen LogP contribution is -2.59. The number of aliphatic hydroxyl groups is 4. The van der Waals surface area contributed by atoms with Gasteiger partial charge in [0.05, 0.1) is 13.2 Å². The average molecular weight is 433 g/mol. The topological polar surface area (TPSA) is 99.4 Å². The molecule has 6 atom stereocenters. The van der Waals surface area contributed by atoms with Crippen molar-refractivity contribution in [2.75, 3.05) is 13.2 Å². The van der Waals surface area contributed by atoms with Crippen LogP contribution in [-0.2, 0) is 9.47 Å². The molecule has 1 aliphatic heterocycles. The van der Waals surface area contributed by atoms with Gasteiger partial charge in [-0.2, -0.15) is 0 Å². The maximum atomic E-state index is 10.2. The third-order valence-electron chi connectivity index (χ3n) is 6.28. The Kier molecular flexibility index (Phi) is 16.1. The highest BCUT2D eigenvalue weighted by Crippen LogP contribution is 2.25. The fourth-order valence-corrected chi connectivity index (χ4v) is 4.17. The second-order valence-corrected chi connectivity index (χ2v) is 9.01. The summed E-state index contributed by atoms with van der Waals surface area (Å²) in [4.78, 5) is 0. The number of unbranched alkanes of at least 4 members (excludes halogenated alkanes) is 10. The van der Waals surface area contributed by atoms with Crippen LogP contribution in [0.3, 0.4) is 0 Å². The van der Waals surface area contributed by atoms with Crippen molar-refractivity contribution in [2.24, 2.45) is 5.92 Å². The Morgan fingerprint density at radius 1 is 0.700 bits per heavy atom. The monoisotopic (exact) mass is 432 g/mol. The quantitative estimate of drug-likeness (QED) is 0.245. The van der Waals surface area contributed by atoms with Crippen LogP contribution in [-0.4, -0.2) is 64.3 Å². The molecular weight excluding hydrogens is 384 g/mol. The predicted molar refractivity (Wildman–Crippen MR) is 119 cm³/mol. The number of aliphatic hydroxyl groups excluding tert-OH is 4. The van der Waals surface area contributed by atoms with Gasteiger partial charge in [-0.15, -0.1) is 0 Å². The van der Waals surface area contributed by atoms with Gasteiger partial charge in [-0.3, -0.25) is 0 Å². The molecule has 1 rings (SSSR count). The Morgan fingerprint density at radius 3 is 1.73 bits per heavy atom. The van der Waals surface area contributed by atoms with Gasteiger partial charge in [-0.25, -0.2) is 0 Å². The molecule has 0 aromatic carbocycles. The van der Waals surface area contributed by atoms with E-state index in [1.807, 2.05) is 0 Å². The molecule has 1 heterocycles. The summed E-state index contributed by atoms with van der Waals surface area (Å²) in [5.74, 6) is 0.398. The van der Waals surface area contributed by atoms with Crippen molar-refractivity contribution >= 4 is 0 Å². The molecule has 1 saturated heterocycles. The largest absolute Gasteiger partial charge is 0.394 e. The molecule has 30 heavy (non-hydrogen) atoms. The standard InChI is InChI=1S/C24H48O6/c1-3-5-7-9-10-11-12-14-16-19(15-13-8-6-4-2)18-29-24-23(28)22(27)21(26)20(17-25)30-24/h19-28H,3-18H2,1-2H3/t19?,20-,21-,22+,23-,24?/m1/s1. The van der Waals surface area contributed by atoms with Crippen LogP contribution in [0.2, 0.25) is 0 Å². The molecular formula is C24H48O6. The van der Waals surface area contributed by atoms with E-state index in [1.165, 1.54) is 77.0 Å². The second-order valence-electron chi connectivity index (χ2n) is 9.01. The first-order chi connectivity index (χ1) is 14.5. The van der Waals surface area contributed by atoms with Gasteiger partial charge < -0.3 is 29.9 Å². The van der Waals surface area contributed by atoms with E-state index in [4.69, 9.17) is 9.47 Å². The highest BCUT2D eigenvalue weighted by Gasteiger charge is 2.44. The van der Waals surface area contributed by atoms with Crippen LogP contribution in [0.15, 0.2) is 0 Å². The Balaban J connectivity index is 2.39. The summed E-state index contributed by atoms with van der Waals surface area (Å²) >= 11 is 0. The predicted octanol–water partition coefficient (Wildman–Crippen LogP) is 3.92. The fourth-order valence-electron chi connectivity index (χ4n) is 4.17. The molecule has 0 bridgehead atoms. The molecule has 6 nitrogen and oxygen atoms in total. The first-order valence-electron chi connectivity index (χ1n) is 12.5. The van der Waals surface area contributed by atoms with Gasteiger partial charge in [0, 0.05) is 0 Å². The van der Waals surface area contributed by atoms with Crippen molar-refractivity contribution < 1.29 is 29.9 Å². The Hall–Kier alpha value is -0.240. The van der Waals surface area contributed by atoms with Gasteiger partial charge in [0.25, 0.3) is 0 Å². The van der Waals surface area contributed by atoms with Crippen molar-refractivity contribution in [1.29, 1.82) is 0 Å². The lowest BCUT2D eigenvalue weighted by Gasteiger charge is -2.40. The minimum absolute atomic E-state index is 0.398. The van der Waals surface area contributed by atoms with Crippen molar-refractivity contribution in [3.05, 3.63) is 0 Å². The van der Waals surface area contributed by atoms with Gasteiger partial charge in [0.15, 0.2) is 6.29 Å². The summed E-state index contributed by atoms with van der Waals surface area (Å²) in [6.07, 6.45) is 11.5. The first-order valence-corrected chi connectivity index (χ1v) is 12.5. The third kappa shape index (κ3) is 10.9. The summed E-state index contributed by atoms with van der Waals surface area (Å²) in [7, 11) is 0. The molecule has 1 fully saturated rings. The molecule has 1 aliphatic rings. The van der Waals surface area contributed by atoms with E-state index in [0.29, 0.717) is 12.5 Å². The van der Waals surface area contributed by atoms with E-state index in [0.717, 1.165) is 12.8 Å². The lowest BCUT2D eigenvalue weighted by atomic mass is 9.94. The van der Waals surface area contributed by atoms with Gasteiger partial charge in [0.1, 0.15) is 24.4 Å². The SMILES string of the molecule is CCCCCCCCCCC(CCCCCC)COC1O[C@H](CO)[C@@H](O)[C@H](O)[C@H]1O. The molecule has 0 aromatic rings. The average Bonchev–Trinajstić information content (AvgIpc) is 2.75. The summed E-state index contributed by atoms with van der Waals surface area (Å²) in [5.41, 5.74) is 0. The molecule has 180 valence electrons. The minimum atomic E-state index is -1.38. The molecule has 2 unspecified atom stereocenters. The molecule has 0 radical (unpaired) electrons. The Labute approximate surface area is 184 Å². The van der Waals surface area contributed by atoms with E-state index < -0.39 is 37.3 Å². The zero-order chi connectivity index (χ0) is 22.2. The summed E-state index contributed by atoms with van der Waals surface area (Å²) < 4.78 is 11.3. The van der Waals surface area contributed by atoms with Gasteiger partial charge in [0.2, 0.25) is 0 Å². The number of rotatable bonds is 18. The number of hydrogen-bond donors (Lipinski definition) is 4. The van der Waals surface area contributed by atoms with Crippen molar-refractivity contribution in [2.45, 2.75) is 134 Å². The van der Waals surface area contributed by atoms with Crippen molar-refractivity contribution in [3.8, 4) is 0 Å². The van der Waals surface area contributed by atoms with Crippen molar-refractivity contribution in [3.63, 3.8) is 0 Å². The Bertz CT molecular complexity index is 392. The molecule has 6 heteroatoms. The van der Waals surface area contributed by atoms with Crippen LogP contribution < -0.4 is 0 Å². The molecule has 0 aromatic heterocycles. The zero-order valence-electron chi connectivity index (χ0n) is 19.4. The maximum absolute atomic E-state index is 10.2. The van der Waals surface area contributed by atoms with Crippen molar-refractivity contribution in [1.82, 2.24) is 0 Å². The van der Waals surface area contributed by atoms with E-state index in [2.05, 4.69) is 13.8 Å². The number of ether oxygens (including phenoxy) is 2. The molecule has 4 N–H and O–H groups in total. The van der Waals surface area contributed by atoms with Gasteiger partial charge in [-0.1, -0.05) is 90.9 Å². The summed E-state index contributed by atoms with van der Waals surface area (Å²) in [5, 5.41) is 39.3. The van der Waals surface area contributed by atoms with E-state index >= 15 is 0 Å². The van der Waals surface area contributed by atoms with Crippen LogP contribution in [0.5, 0.6) is 0 Å². The van der Waals surface area contributed by atoms with E-state index in [9.17, 15) is 20.4 Å². The minimum Gasteiger partial charge on any atom is -0.394 e. The van der Waals surface area contributed by atoms with Crippen LogP contribution in [0.4, 0.5) is 0 Å². The molecule has 0 spiro atoms. The van der Waals surface area contributed by atoms with Crippen LogP contribution in [0.25, 0.3) is 0 Å². The summed E-state index contributed by atoms with van der Waals surface area (Å²) in [6, 6.07) is 0. The highest BCUT2D eigenvalue weighted by atomic mass is 16.7. The van der Waals surface area contributed by atoms with Crippen LogP contribution in [0.1, 0.15) is 104 Å². The highest BCUT2D eigenvalue weighted by molar-refractivity contribution is 4.88. The molecule has 0 saturated carbocycles. The smallest absolute Gasteiger partial charge is 0.186 e. The lowest BCUT2D eigenvalue weighted by molar-refractivity contribution is -0.303.